The van der Waals surface area contributed by atoms with Crippen molar-refractivity contribution in [2.24, 2.45) is 0 Å². The third-order valence-electron chi connectivity index (χ3n) is 4.50. The number of carbonyl (C=O) groups is 2. The molecule has 3 aromatic rings. The monoisotopic (exact) mass is 411 g/mol. The second kappa shape index (κ2) is 9.08. The van der Waals surface area contributed by atoms with Gasteiger partial charge in [0.25, 0.3) is 11.5 Å². The van der Waals surface area contributed by atoms with Crippen LogP contribution < -0.4 is 20.3 Å². The maximum absolute atomic E-state index is 12.4. The number of aromatic amines is 1. The number of nitrogens with one attached hydrogen (secondary N) is 2. The van der Waals surface area contributed by atoms with Crippen LogP contribution in [0.5, 0.6) is 11.5 Å². The van der Waals surface area contributed by atoms with Crippen LogP contribution in [0.15, 0.2) is 47.3 Å². The Bertz CT molecular complexity index is 1140. The van der Waals surface area contributed by atoms with Gasteiger partial charge in [0.1, 0.15) is 11.5 Å². The molecule has 0 aliphatic heterocycles. The number of rotatable bonds is 7. The Hall–Kier alpha value is -3.88. The molecule has 1 amide bonds. The third-order valence-corrected chi connectivity index (χ3v) is 4.50. The molecule has 0 saturated heterocycles. The Labute approximate surface area is 172 Å². The fourth-order valence-corrected chi connectivity index (χ4v) is 3.01. The van der Waals surface area contributed by atoms with Crippen molar-refractivity contribution < 1.29 is 23.8 Å². The van der Waals surface area contributed by atoms with Gasteiger partial charge >= 0.3 is 5.97 Å². The van der Waals surface area contributed by atoms with Crippen molar-refractivity contribution in [2.45, 2.75) is 13.0 Å². The van der Waals surface area contributed by atoms with Gasteiger partial charge in [0.2, 0.25) is 0 Å². The SMILES string of the molecule is COc1ccc(OC)c([C@H](C)NC(=O)COC(=O)c2n[nH]c(=O)c3ccccc23)c1. The summed E-state index contributed by atoms with van der Waals surface area (Å²) >= 11 is 0. The molecule has 1 atom stereocenters. The molecule has 0 unspecified atom stereocenters. The number of aromatic nitrogens is 2. The Morgan fingerprint density at radius 2 is 1.83 bits per heavy atom. The maximum atomic E-state index is 12.4. The minimum atomic E-state index is -0.816. The van der Waals surface area contributed by atoms with Gasteiger partial charge in [-0.1, -0.05) is 18.2 Å². The van der Waals surface area contributed by atoms with Crippen LogP contribution in [-0.4, -0.2) is 42.9 Å². The topological polar surface area (TPSA) is 120 Å². The molecule has 0 fully saturated rings. The van der Waals surface area contributed by atoms with E-state index in [-0.39, 0.29) is 5.69 Å². The predicted octanol–water partition coefficient (Wildman–Crippen LogP) is 1.97. The van der Waals surface area contributed by atoms with Crippen LogP contribution in [0.2, 0.25) is 0 Å². The molecule has 0 aliphatic rings. The molecular formula is C21H21N3O6. The summed E-state index contributed by atoms with van der Waals surface area (Å²) in [6.07, 6.45) is 0. The van der Waals surface area contributed by atoms with Gasteiger partial charge in [-0.15, -0.1) is 0 Å². The summed E-state index contributed by atoms with van der Waals surface area (Å²) in [5.74, 6) is -0.113. The number of benzene rings is 2. The molecule has 156 valence electrons. The van der Waals surface area contributed by atoms with E-state index in [1.165, 1.54) is 7.11 Å². The molecule has 1 heterocycles. The number of hydrogen-bond donors (Lipinski definition) is 2. The van der Waals surface area contributed by atoms with E-state index in [2.05, 4.69) is 15.5 Å². The zero-order chi connectivity index (χ0) is 21.7. The second-order valence-electron chi connectivity index (χ2n) is 6.42. The zero-order valence-electron chi connectivity index (χ0n) is 16.7. The van der Waals surface area contributed by atoms with Gasteiger partial charge in [0.15, 0.2) is 12.3 Å². The molecule has 0 spiro atoms. The molecule has 9 heteroatoms. The standard InChI is InChI=1S/C21H21N3O6/c1-12(16-10-13(28-2)8-9-17(16)29-3)22-18(25)11-30-21(27)19-14-6-4-5-7-15(14)20(26)24-23-19/h4-10,12H,11H2,1-3H3,(H,22,25)(H,24,26)/t12-/m0/s1. The van der Waals surface area contributed by atoms with Crippen molar-refractivity contribution in [3.8, 4) is 11.5 Å². The lowest BCUT2D eigenvalue weighted by Crippen LogP contribution is -2.31. The number of esters is 1. The largest absolute Gasteiger partial charge is 0.497 e. The van der Waals surface area contributed by atoms with Gasteiger partial charge < -0.3 is 19.5 Å². The van der Waals surface area contributed by atoms with Crippen LogP contribution in [-0.2, 0) is 9.53 Å². The molecule has 0 bridgehead atoms. The Morgan fingerprint density at radius 1 is 1.10 bits per heavy atom. The number of carbonyl (C=O) groups excluding carboxylic acids is 2. The number of methoxy groups -OCH3 is 2. The van der Waals surface area contributed by atoms with Crippen LogP contribution in [0.4, 0.5) is 0 Å². The number of ether oxygens (including phenoxy) is 3. The van der Waals surface area contributed by atoms with Gasteiger partial charge in [-0.05, 0) is 31.2 Å². The van der Waals surface area contributed by atoms with Crippen LogP contribution in [0.3, 0.4) is 0 Å². The molecule has 2 N–H and O–H groups in total. The fourth-order valence-electron chi connectivity index (χ4n) is 3.01. The average Bonchev–Trinajstić information content (AvgIpc) is 2.77. The first-order valence-electron chi connectivity index (χ1n) is 9.10. The van der Waals surface area contributed by atoms with E-state index in [1.807, 2.05) is 0 Å². The highest BCUT2D eigenvalue weighted by Crippen LogP contribution is 2.29. The summed E-state index contributed by atoms with van der Waals surface area (Å²) in [6, 6.07) is 11.3. The summed E-state index contributed by atoms with van der Waals surface area (Å²) in [5.41, 5.74) is 0.228. The van der Waals surface area contributed by atoms with Crippen LogP contribution in [0.25, 0.3) is 10.8 Å². The first-order chi connectivity index (χ1) is 14.4. The van der Waals surface area contributed by atoms with Crippen molar-refractivity contribution in [1.29, 1.82) is 0 Å². The van der Waals surface area contributed by atoms with E-state index in [0.717, 1.165) is 0 Å². The Balaban J connectivity index is 1.67. The van der Waals surface area contributed by atoms with E-state index in [0.29, 0.717) is 27.8 Å². The Morgan fingerprint density at radius 3 is 2.53 bits per heavy atom. The van der Waals surface area contributed by atoms with Gasteiger partial charge in [-0.3, -0.25) is 9.59 Å². The number of nitrogens with zero attached hydrogens (tertiary/aromatic N) is 1. The second-order valence-corrected chi connectivity index (χ2v) is 6.42. The highest BCUT2D eigenvalue weighted by Gasteiger charge is 2.19. The molecule has 3 rings (SSSR count). The van der Waals surface area contributed by atoms with E-state index in [9.17, 15) is 14.4 Å². The zero-order valence-corrected chi connectivity index (χ0v) is 16.7. The number of fused-ring (bicyclic) bond motifs is 1. The first-order valence-corrected chi connectivity index (χ1v) is 9.10. The number of amides is 1. The summed E-state index contributed by atoms with van der Waals surface area (Å²) in [6.45, 7) is 1.26. The lowest BCUT2D eigenvalue weighted by atomic mass is 10.1. The lowest BCUT2D eigenvalue weighted by molar-refractivity contribution is -0.124. The van der Waals surface area contributed by atoms with Crippen molar-refractivity contribution in [1.82, 2.24) is 15.5 Å². The van der Waals surface area contributed by atoms with Gasteiger partial charge in [0.05, 0.1) is 25.6 Å². The fraction of sp³-hybridized carbons (Fsp3) is 0.238. The highest BCUT2D eigenvalue weighted by molar-refractivity contribution is 6.02. The lowest BCUT2D eigenvalue weighted by Gasteiger charge is -2.18. The summed E-state index contributed by atoms with van der Waals surface area (Å²) in [7, 11) is 3.08. The molecule has 2 aromatic carbocycles. The normalized spacial score (nSPS) is 11.6. The number of hydrogen-bond acceptors (Lipinski definition) is 7. The summed E-state index contributed by atoms with van der Waals surface area (Å²) < 4.78 is 15.6. The Kier molecular flexibility index (Phi) is 6.31. The minimum absolute atomic E-state index is 0.0690. The highest BCUT2D eigenvalue weighted by atomic mass is 16.5. The summed E-state index contributed by atoms with van der Waals surface area (Å²) in [5, 5.41) is 9.42. The third kappa shape index (κ3) is 4.40. The molecule has 30 heavy (non-hydrogen) atoms. The van der Waals surface area contributed by atoms with Crippen molar-refractivity contribution in [3.63, 3.8) is 0 Å². The smallest absolute Gasteiger partial charge is 0.359 e. The molecule has 0 saturated carbocycles. The predicted molar refractivity (Wildman–Crippen MR) is 109 cm³/mol. The van der Waals surface area contributed by atoms with Crippen molar-refractivity contribution in [2.75, 3.05) is 20.8 Å². The van der Waals surface area contributed by atoms with E-state index < -0.39 is 30.1 Å². The van der Waals surface area contributed by atoms with Crippen molar-refractivity contribution >= 4 is 22.6 Å². The average molecular weight is 411 g/mol. The quantitative estimate of drug-likeness (QED) is 0.571. The van der Waals surface area contributed by atoms with Crippen molar-refractivity contribution in [3.05, 3.63) is 64.1 Å². The molecule has 1 aromatic heterocycles. The van der Waals surface area contributed by atoms with E-state index >= 15 is 0 Å². The van der Waals surface area contributed by atoms with E-state index in [4.69, 9.17) is 14.2 Å². The van der Waals surface area contributed by atoms with Gasteiger partial charge in [-0.25, -0.2) is 9.89 Å². The number of H-pyrrole nitrogens is 1. The maximum Gasteiger partial charge on any atom is 0.359 e. The van der Waals surface area contributed by atoms with Crippen LogP contribution >= 0.6 is 0 Å². The van der Waals surface area contributed by atoms with Gasteiger partial charge in [-0.2, -0.15) is 5.10 Å². The molecule has 0 aliphatic carbocycles. The van der Waals surface area contributed by atoms with Crippen LogP contribution in [0.1, 0.15) is 29.0 Å². The first kappa shape index (κ1) is 20.8. The minimum Gasteiger partial charge on any atom is -0.497 e. The van der Waals surface area contributed by atoms with E-state index in [1.54, 1.807) is 56.5 Å². The molecule has 9 nitrogen and oxygen atoms in total. The van der Waals surface area contributed by atoms with Gasteiger partial charge in [0, 0.05) is 10.9 Å². The molecule has 0 radical (unpaired) electrons. The molecular weight excluding hydrogens is 390 g/mol. The van der Waals surface area contributed by atoms with Crippen LogP contribution in [0, 0.1) is 0 Å². The summed E-state index contributed by atoms with van der Waals surface area (Å²) in [4.78, 5) is 36.5.